The highest BCUT2D eigenvalue weighted by atomic mass is 32.1. The molecular formula is C17H21N3O2S. The first-order chi connectivity index (χ1) is 11.1. The molecule has 3 rings (SSSR count). The first-order valence-corrected chi connectivity index (χ1v) is 8.34. The molecule has 1 saturated heterocycles. The van der Waals surface area contributed by atoms with Gasteiger partial charge in [0, 0.05) is 30.2 Å². The maximum Gasteiger partial charge on any atom is 0.224 e. The molecule has 2 unspecified atom stereocenters. The predicted octanol–water partition coefficient (Wildman–Crippen LogP) is 3.82. The number of hydrogen-bond acceptors (Lipinski definition) is 3. The van der Waals surface area contributed by atoms with Crippen LogP contribution in [0.4, 0.5) is 5.69 Å². The van der Waals surface area contributed by atoms with Crippen LogP contribution in [0.15, 0.2) is 36.7 Å². The summed E-state index contributed by atoms with van der Waals surface area (Å²) in [7, 11) is 0. The Labute approximate surface area is 140 Å². The van der Waals surface area contributed by atoms with E-state index >= 15 is 0 Å². The van der Waals surface area contributed by atoms with Gasteiger partial charge in [-0.05, 0) is 56.6 Å². The molecule has 1 aliphatic heterocycles. The van der Waals surface area contributed by atoms with Gasteiger partial charge >= 0.3 is 0 Å². The van der Waals surface area contributed by atoms with Gasteiger partial charge in [0.1, 0.15) is 0 Å². The average Bonchev–Trinajstić information content (AvgIpc) is 3.14. The fourth-order valence-corrected chi connectivity index (χ4v) is 3.10. The molecule has 23 heavy (non-hydrogen) atoms. The van der Waals surface area contributed by atoms with Crippen LogP contribution in [-0.4, -0.2) is 27.7 Å². The van der Waals surface area contributed by atoms with Gasteiger partial charge in [-0.3, -0.25) is 9.36 Å². The van der Waals surface area contributed by atoms with Crippen LogP contribution in [0.25, 0.3) is 5.69 Å². The van der Waals surface area contributed by atoms with E-state index in [1.165, 1.54) is 0 Å². The average molecular weight is 331 g/mol. The number of benzene rings is 1. The predicted molar refractivity (Wildman–Crippen MR) is 92.4 cm³/mol. The number of hydrogen-bond donors (Lipinski definition) is 2. The Hall–Kier alpha value is -1.92. The van der Waals surface area contributed by atoms with Crippen molar-refractivity contribution in [3.05, 3.63) is 41.4 Å². The normalized spacial score (nSPS) is 20.6. The summed E-state index contributed by atoms with van der Waals surface area (Å²) in [5.74, 6) is 0.0166. The van der Waals surface area contributed by atoms with E-state index in [1.807, 2.05) is 35.0 Å². The first kappa shape index (κ1) is 16.0. The molecule has 122 valence electrons. The molecule has 0 bridgehead atoms. The zero-order chi connectivity index (χ0) is 16.2. The molecule has 0 radical (unpaired) electrons. The molecule has 6 heteroatoms. The Morgan fingerprint density at radius 3 is 3.04 bits per heavy atom. The van der Waals surface area contributed by atoms with Crippen LogP contribution in [0.5, 0.6) is 0 Å². The minimum atomic E-state index is 0.0166. The first-order valence-electron chi connectivity index (χ1n) is 7.93. The number of carbonyl (C=O) groups excluding carboxylic acids is 1. The number of H-pyrrole nitrogens is 1. The van der Waals surface area contributed by atoms with Crippen LogP contribution in [-0.2, 0) is 9.53 Å². The van der Waals surface area contributed by atoms with Gasteiger partial charge < -0.3 is 15.0 Å². The third kappa shape index (κ3) is 4.09. The Balaban J connectivity index is 1.58. The molecule has 1 aromatic carbocycles. The summed E-state index contributed by atoms with van der Waals surface area (Å²) in [4.78, 5) is 15.1. The molecule has 1 fully saturated rings. The second kappa shape index (κ2) is 7.10. The van der Waals surface area contributed by atoms with Crippen molar-refractivity contribution in [2.24, 2.45) is 0 Å². The maximum absolute atomic E-state index is 12.1. The third-order valence-corrected chi connectivity index (χ3v) is 4.39. The van der Waals surface area contributed by atoms with E-state index < -0.39 is 0 Å². The number of anilines is 1. The Morgan fingerprint density at radius 2 is 2.35 bits per heavy atom. The quantitative estimate of drug-likeness (QED) is 0.819. The monoisotopic (exact) mass is 331 g/mol. The van der Waals surface area contributed by atoms with E-state index in [4.69, 9.17) is 17.0 Å². The van der Waals surface area contributed by atoms with E-state index in [1.54, 1.807) is 6.20 Å². The van der Waals surface area contributed by atoms with Crippen LogP contribution < -0.4 is 5.32 Å². The van der Waals surface area contributed by atoms with E-state index in [0.717, 1.165) is 30.6 Å². The molecule has 1 aromatic heterocycles. The van der Waals surface area contributed by atoms with E-state index in [2.05, 4.69) is 17.2 Å². The van der Waals surface area contributed by atoms with Gasteiger partial charge in [-0.1, -0.05) is 6.07 Å². The highest BCUT2D eigenvalue weighted by Gasteiger charge is 2.22. The van der Waals surface area contributed by atoms with Crippen LogP contribution in [0.3, 0.4) is 0 Å². The number of rotatable bonds is 5. The Bertz CT molecular complexity index is 737. The Kier molecular flexibility index (Phi) is 4.93. The lowest BCUT2D eigenvalue weighted by molar-refractivity contribution is -0.116. The fraction of sp³-hybridized carbons (Fsp3) is 0.412. The van der Waals surface area contributed by atoms with E-state index in [0.29, 0.717) is 17.3 Å². The van der Waals surface area contributed by atoms with Crippen molar-refractivity contribution in [2.45, 2.75) is 44.8 Å². The molecule has 0 aliphatic carbocycles. The van der Waals surface area contributed by atoms with Gasteiger partial charge in [0.25, 0.3) is 0 Å². The second-order valence-corrected chi connectivity index (χ2v) is 6.31. The smallest absolute Gasteiger partial charge is 0.224 e. The molecule has 2 atom stereocenters. The molecule has 1 aliphatic rings. The molecule has 1 amide bonds. The summed E-state index contributed by atoms with van der Waals surface area (Å²) < 4.78 is 8.23. The van der Waals surface area contributed by atoms with Gasteiger partial charge in [0.05, 0.1) is 12.2 Å². The van der Waals surface area contributed by atoms with Crippen LogP contribution in [0, 0.1) is 4.77 Å². The summed E-state index contributed by atoms with van der Waals surface area (Å²) in [5, 5.41) is 2.95. The van der Waals surface area contributed by atoms with Gasteiger partial charge in [-0.25, -0.2) is 0 Å². The molecule has 2 N–H and O–H groups in total. The zero-order valence-corrected chi connectivity index (χ0v) is 13.9. The number of amides is 1. The number of nitrogens with zero attached hydrogens (tertiary/aromatic N) is 1. The number of carbonyl (C=O) groups is 1. The molecule has 0 saturated carbocycles. The van der Waals surface area contributed by atoms with Crippen LogP contribution in [0.2, 0.25) is 0 Å². The SMILES string of the molecule is CC1CCC(CCC(=O)Nc2cccc(-n3cc[nH]c3=S)c2)O1. The van der Waals surface area contributed by atoms with Crippen LogP contribution >= 0.6 is 12.2 Å². The molecule has 5 nitrogen and oxygen atoms in total. The van der Waals surface area contributed by atoms with Crippen molar-refractivity contribution < 1.29 is 9.53 Å². The van der Waals surface area contributed by atoms with Crippen molar-refractivity contribution in [1.82, 2.24) is 9.55 Å². The number of aromatic nitrogens is 2. The summed E-state index contributed by atoms with van der Waals surface area (Å²) in [5.41, 5.74) is 1.69. The fourth-order valence-electron chi connectivity index (χ4n) is 2.87. The lowest BCUT2D eigenvalue weighted by atomic mass is 10.1. The van der Waals surface area contributed by atoms with Crippen LogP contribution in [0.1, 0.15) is 32.6 Å². The lowest BCUT2D eigenvalue weighted by Gasteiger charge is -2.11. The highest BCUT2D eigenvalue weighted by molar-refractivity contribution is 7.71. The van der Waals surface area contributed by atoms with Crippen molar-refractivity contribution in [3.8, 4) is 5.69 Å². The van der Waals surface area contributed by atoms with Crippen molar-refractivity contribution in [2.75, 3.05) is 5.32 Å². The van der Waals surface area contributed by atoms with Crippen molar-refractivity contribution in [1.29, 1.82) is 0 Å². The summed E-state index contributed by atoms with van der Waals surface area (Å²) in [6, 6.07) is 7.65. The largest absolute Gasteiger partial charge is 0.375 e. The minimum absolute atomic E-state index is 0.0166. The Morgan fingerprint density at radius 1 is 1.48 bits per heavy atom. The zero-order valence-electron chi connectivity index (χ0n) is 13.1. The molecule has 2 aromatic rings. The minimum Gasteiger partial charge on any atom is -0.375 e. The summed E-state index contributed by atoms with van der Waals surface area (Å²) >= 11 is 5.22. The molecule has 0 spiro atoms. The van der Waals surface area contributed by atoms with Crippen molar-refractivity contribution >= 4 is 23.8 Å². The number of imidazole rings is 1. The number of nitrogens with one attached hydrogen (secondary N) is 2. The summed E-state index contributed by atoms with van der Waals surface area (Å²) in [6.45, 7) is 2.08. The standard InChI is InChI=1S/C17H21N3O2S/c1-12-5-6-15(22-12)7-8-16(21)19-13-3-2-4-14(11-13)20-10-9-18-17(20)23/h2-4,9-12,15H,5-8H2,1H3,(H,18,23)(H,19,21). The van der Waals surface area contributed by atoms with Gasteiger partial charge in [0.2, 0.25) is 5.91 Å². The highest BCUT2D eigenvalue weighted by Crippen LogP contribution is 2.23. The van der Waals surface area contributed by atoms with Gasteiger partial charge in [0.15, 0.2) is 4.77 Å². The topological polar surface area (TPSA) is 59.0 Å². The van der Waals surface area contributed by atoms with E-state index in [-0.39, 0.29) is 12.0 Å². The summed E-state index contributed by atoms with van der Waals surface area (Å²) in [6.07, 6.45) is 7.59. The molecule has 2 heterocycles. The van der Waals surface area contributed by atoms with Crippen molar-refractivity contribution in [3.63, 3.8) is 0 Å². The number of aromatic amines is 1. The van der Waals surface area contributed by atoms with Gasteiger partial charge in [-0.2, -0.15) is 0 Å². The maximum atomic E-state index is 12.1. The lowest BCUT2D eigenvalue weighted by Crippen LogP contribution is -2.16. The third-order valence-electron chi connectivity index (χ3n) is 4.07. The van der Waals surface area contributed by atoms with E-state index in [9.17, 15) is 4.79 Å². The number of ether oxygens (including phenoxy) is 1. The second-order valence-electron chi connectivity index (χ2n) is 5.92. The van der Waals surface area contributed by atoms with Gasteiger partial charge in [-0.15, -0.1) is 0 Å². The molecular weight excluding hydrogens is 310 g/mol.